The van der Waals surface area contributed by atoms with Crippen LogP contribution in [0.2, 0.25) is 5.15 Å². The zero-order valence-electron chi connectivity index (χ0n) is 13.5. The van der Waals surface area contributed by atoms with E-state index in [1.54, 1.807) is 4.68 Å². The third-order valence-corrected chi connectivity index (χ3v) is 3.87. The van der Waals surface area contributed by atoms with Gasteiger partial charge in [-0.15, -0.1) is 0 Å². The summed E-state index contributed by atoms with van der Waals surface area (Å²) in [6, 6.07) is 0. The smallest absolute Gasteiger partial charge is 0.131 e. The number of rotatable bonds is 7. The van der Waals surface area contributed by atoms with Gasteiger partial charge in [0.25, 0.3) is 0 Å². The van der Waals surface area contributed by atoms with Gasteiger partial charge in [-0.25, -0.2) is 0 Å². The lowest BCUT2D eigenvalue weighted by Gasteiger charge is -2.26. The summed E-state index contributed by atoms with van der Waals surface area (Å²) in [6.45, 7) is 11.9. The third kappa shape index (κ3) is 4.76. The van der Waals surface area contributed by atoms with Gasteiger partial charge in [0, 0.05) is 25.7 Å². The molecule has 0 aromatic carbocycles. The van der Waals surface area contributed by atoms with Crippen molar-refractivity contribution >= 4 is 11.6 Å². The van der Waals surface area contributed by atoms with Crippen molar-refractivity contribution in [2.24, 2.45) is 12.5 Å². The number of halogens is 1. The molecule has 0 amide bonds. The van der Waals surface area contributed by atoms with E-state index in [-0.39, 0.29) is 11.5 Å². The van der Waals surface area contributed by atoms with Crippen molar-refractivity contribution in [3.05, 3.63) is 16.4 Å². The topological polar surface area (TPSA) is 50.1 Å². The first-order chi connectivity index (χ1) is 9.14. The second-order valence-electron chi connectivity index (χ2n) is 6.75. The van der Waals surface area contributed by atoms with Crippen LogP contribution in [0, 0.1) is 5.41 Å². The Labute approximate surface area is 127 Å². The maximum atomic E-state index is 9.51. The van der Waals surface area contributed by atoms with Gasteiger partial charge in [-0.3, -0.25) is 4.68 Å². The van der Waals surface area contributed by atoms with Crippen LogP contribution in [-0.4, -0.2) is 27.5 Å². The van der Waals surface area contributed by atoms with Crippen LogP contribution < -0.4 is 5.32 Å². The lowest BCUT2D eigenvalue weighted by molar-refractivity contribution is 0.128. The van der Waals surface area contributed by atoms with Gasteiger partial charge >= 0.3 is 0 Å². The van der Waals surface area contributed by atoms with Crippen LogP contribution in [0.1, 0.15) is 58.2 Å². The minimum atomic E-state index is -0.278. The lowest BCUT2D eigenvalue weighted by atomic mass is 9.87. The van der Waals surface area contributed by atoms with Crippen molar-refractivity contribution in [1.82, 2.24) is 15.1 Å². The number of nitrogens with zero attached hydrogens (tertiary/aromatic N) is 2. The van der Waals surface area contributed by atoms with Crippen molar-refractivity contribution in [3.8, 4) is 0 Å². The SMILES string of the molecule is CC(O)CC(C)(C)CNCc1c(C(C)C)nn(C)c1Cl. The Bertz CT molecular complexity index is 439. The van der Waals surface area contributed by atoms with Gasteiger partial charge in [0.1, 0.15) is 5.15 Å². The largest absolute Gasteiger partial charge is 0.393 e. The molecule has 0 aliphatic carbocycles. The molecule has 4 nitrogen and oxygen atoms in total. The van der Waals surface area contributed by atoms with Crippen molar-refractivity contribution < 1.29 is 5.11 Å². The average Bonchev–Trinajstić information content (AvgIpc) is 2.55. The maximum Gasteiger partial charge on any atom is 0.131 e. The van der Waals surface area contributed by atoms with Gasteiger partial charge in [-0.05, 0) is 24.7 Å². The molecular formula is C15H28ClN3O. The summed E-state index contributed by atoms with van der Waals surface area (Å²) in [5.74, 6) is 0.357. The Morgan fingerprint density at radius 3 is 2.45 bits per heavy atom. The molecule has 0 radical (unpaired) electrons. The zero-order valence-corrected chi connectivity index (χ0v) is 14.3. The van der Waals surface area contributed by atoms with Gasteiger partial charge in [0.2, 0.25) is 0 Å². The van der Waals surface area contributed by atoms with E-state index in [2.05, 4.69) is 38.1 Å². The van der Waals surface area contributed by atoms with Gasteiger partial charge in [-0.2, -0.15) is 5.10 Å². The van der Waals surface area contributed by atoms with Crippen LogP contribution in [0.4, 0.5) is 0 Å². The average molecular weight is 302 g/mol. The summed E-state index contributed by atoms with van der Waals surface area (Å²) < 4.78 is 1.73. The Kier molecular flexibility index (Phi) is 6.05. The highest BCUT2D eigenvalue weighted by Crippen LogP contribution is 2.26. The molecule has 1 aromatic heterocycles. The molecule has 1 atom stereocenters. The molecule has 20 heavy (non-hydrogen) atoms. The number of aromatic nitrogens is 2. The zero-order chi connectivity index (χ0) is 15.5. The van der Waals surface area contributed by atoms with E-state index in [0.717, 1.165) is 24.2 Å². The van der Waals surface area contributed by atoms with Crippen molar-refractivity contribution in [2.75, 3.05) is 6.54 Å². The van der Waals surface area contributed by atoms with E-state index >= 15 is 0 Å². The molecule has 1 rings (SSSR count). The molecule has 0 aliphatic heterocycles. The van der Waals surface area contributed by atoms with E-state index in [1.165, 1.54) is 0 Å². The van der Waals surface area contributed by atoms with E-state index in [4.69, 9.17) is 11.6 Å². The minimum Gasteiger partial charge on any atom is -0.393 e. The fourth-order valence-corrected chi connectivity index (χ4v) is 2.79. The molecule has 0 spiro atoms. The summed E-state index contributed by atoms with van der Waals surface area (Å²) in [6.07, 6.45) is 0.498. The Morgan fingerprint density at radius 2 is 1.95 bits per heavy atom. The highest BCUT2D eigenvalue weighted by Gasteiger charge is 2.21. The lowest BCUT2D eigenvalue weighted by Crippen LogP contribution is -2.31. The van der Waals surface area contributed by atoms with Gasteiger partial charge in [0.05, 0.1) is 11.8 Å². The normalized spacial score (nSPS) is 14.1. The van der Waals surface area contributed by atoms with Gasteiger partial charge in [0.15, 0.2) is 0 Å². The van der Waals surface area contributed by atoms with E-state index < -0.39 is 0 Å². The predicted octanol–water partition coefficient (Wildman–Crippen LogP) is 3.08. The molecule has 1 aromatic rings. The molecule has 0 aliphatic rings. The van der Waals surface area contributed by atoms with E-state index in [0.29, 0.717) is 17.6 Å². The molecular weight excluding hydrogens is 274 g/mol. The van der Waals surface area contributed by atoms with Crippen molar-refractivity contribution in [1.29, 1.82) is 0 Å². The summed E-state index contributed by atoms with van der Waals surface area (Å²) in [5, 5.41) is 18.1. The second-order valence-corrected chi connectivity index (χ2v) is 7.11. The Balaban J connectivity index is 2.67. The van der Waals surface area contributed by atoms with E-state index in [1.807, 2.05) is 14.0 Å². The molecule has 116 valence electrons. The van der Waals surface area contributed by atoms with Crippen LogP contribution in [0.3, 0.4) is 0 Å². The predicted molar refractivity (Wildman–Crippen MR) is 84.1 cm³/mol. The number of hydrogen-bond acceptors (Lipinski definition) is 3. The van der Waals surface area contributed by atoms with Gasteiger partial charge in [-0.1, -0.05) is 39.3 Å². The molecule has 0 saturated carbocycles. The van der Waals surface area contributed by atoms with Crippen LogP contribution in [0.5, 0.6) is 0 Å². The first-order valence-corrected chi connectivity index (χ1v) is 7.62. The molecule has 0 saturated heterocycles. The second kappa shape index (κ2) is 6.92. The monoisotopic (exact) mass is 301 g/mol. The van der Waals surface area contributed by atoms with E-state index in [9.17, 15) is 5.11 Å². The molecule has 1 unspecified atom stereocenters. The first-order valence-electron chi connectivity index (χ1n) is 7.24. The highest BCUT2D eigenvalue weighted by molar-refractivity contribution is 6.30. The summed E-state index contributed by atoms with van der Waals surface area (Å²) in [4.78, 5) is 0. The Morgan fingerprint density at radius 1 is 1.35 bits per heavy atom. The molecule has 0 bridgehead atoms. The number of aliphatic hydroxyl groups is 1. The Hall–Kier alpha value is -0.580. The summed E-state index contributed by atoms with van der Waals surface area (Å²) in [7, 11) is 1.87. The molecule has 5 heteroatoms. The van der Waals surface area contributed by atoms with Crippen molar-refractivity contribution in [3.63, 3.8) is 0 Å². The summed E-state index contributed by atoms with van der Waals surface area (Å²) in [5.41, 5.74) is 2.19. The first kappa shape index (κ1) is 17.5. The summed E-state index contributed by atoms with van der Waals surface area (Å²) >= 11 is 6.31. The number of aliphatic hydroxyl groups excluding tert-OH is 1. The number of nitrogens with one attached hydrogen (secondary N) is 1. The fraction of sp³-hybridized carbons (Fsp3) is 0.800. The van der Waals surface area contributed by atoms with Crippen LogP contribution in [-0.2, 0) is 13.6 Å². The van der Waals surface area contributed by atoms with Crippen LogP contribution in [0.15, 0.2) is 0 Å². The quantitative estimate of drug-likeness (QED) is 0.814. The highest BCUT2D eigenvalue weighted by atomic mass is 35.5. The number of hydrogen-bond donors (Lipinski definition) is 2. The minimum absolute atomic E-state index is 0.0564. The van der Waals surface area contributed by atoms with Crippen LogP contribution in [0.25, 0.3) is 0 Å². The van der Waals surface area contributed by atoms with Crippen molar-refractivity contribution in [2.45, 2.75) is 59.6 Å². The fourth-order valence-electron chi connectivity index (χ4n) is 2.59. The van der Waals surface area contributed by atoms with Gasteiger partial charge < -0.3 is 10.4 Å². The molecule has 0 fully saturated rings. The third-order valence-electron chi connectivity index (χ3n) is 3.40. The maximum absolute atomic E-state index is 9.51. The number of aryl methyl sites for hydroxylation is 1. The molecule has 1 heterocycles. The standard InChI is InChI=1S/C15H28ClN3O/c1-10(2)13-12(14(16)19(6)18-13)8-17-9-15(4,5)7-11(3)20/h10-11,17,20H,7-9H2,1-6H3. The van der Waals surface area contributed by atoms with Crippen LogP contribution >= 0.6 is 11.6 Å². The molecule has 2 N–H and O–H groups in total.